The zero-order valence-corrected chi connectivity index (χ0v) is 10.2. The van der Waals surface area contributed by atoms with Gasteiger partial charge >= 0.3 is 5.97 Å². The number of aliphatic carboxylic acids is 1. The first-order valence-corrected chi connectivity index (χ1v) is 6.08. The van der Waals surface area contributed by atoms with Gasteiger partial charge in [0.25, 0.3) is 0 Å². The quantitative estimate of drug-likeness (QED) is 0.724. The van der Waals surface area contributed by atoms with E-state index in [1.165, 1.54) is 0 Å². The fourth-order valence-corrected chi connectivity index (χ4v) is 2.26. The molecule has 4 nitrogen and oxygen atoms in total. The minimum Gasteiger partial charge on any atom is -0.481 e. The van der Waals surface area contributed by atoms with Crippen LogP contribution in [-0.4, -0.2) is 37.4 Å². The molecule has 1 atom stereocenters. The number of ether oxygens (including phenoxy) is 1. The Morgan fingerprint density at radius 1 is 1.44 bits per heavy atom. The normalized spacial score (nSPS) is 27.6. The van der Waals surface area contributed by atoms with Crippen molar-refractivity contribution in [2.75, 3.05) is 20.3 Å². The molecular formula is C12H23NO3. The maximum absolute atomic E-state index is 10.8. The van der Waals surface area contributed by atoms with Crippen LogP contribution in [0, 0.1) is 11.8 Å². The van der Waals surface area contributed by atoms with Gasteiger partial charge in [0.2, 0.25) is 0 Å². The van der Waals surface area contributed by atoms with Crippen molar-refractivity contribution in [3.8, 4) is 0 Å². The van der Waals surface area contributed by atoms with Crippen LogP contribution in [0.4, 0.5) is 0 Å². The Bertz CT molecular complexity index is 212. The number of nitrogens with one attached hydrogen (secondary N) is 1. The number of rotatable bonds is 6. The van der Waals surface area contributed by atoms with Crippen LogP contribution in [0.2, 0.25) is 0 Å². The van der Waals surface area contributed by atoms with E-state index in [0.29, 0.717) is 12.0 Å². The van der Waals surface area contributed by atoms with Gasteiger partial charge in [0.05, 0.1) is 5.92 Å². The van der Waals surface area contributed by atoms with E-state index in [2.05, 4.69) is 12.2 Å². The molecule has 16 heavy (non-hydrogen) atoms. The average molecular weight is 229 g/mol. The van der Waals surface area contributed by atoms with E-state index in [4.69, 9.17) is 9.84 Å². The summed E-state index contributed by atoms with van der Waals surface area (Å²) in [6.07, 6.45) is 3.59. The largest absolute Gasteiger partial charge is 0.481 e. The van der Waals surface area contributed by atoms with Crippen LogP contribution >= 0.6 is 0 Å². The van der Waals surface area contributed by atoms with Crippen LogP contribution in [0.3, 0.4) is 0 Å². The van der Waals surface area contributed by atoms with Crippen molar-refractivity contribution in [3.63, 3.8) is 0 Å². The van der Waals surface area contributed by atoms with E-state index in [1.54, 1.807) is 7.11 Å². The summed E-state index contributed by atoms with van der Waals surface area (Å²) in [7, 11) is 1.72. The predicted octanol–water partition coefficient (Wildman–Crippen LogP) is 1.50. The monoisotopic (exact) mass is 229 g/mol. The number of methoxy groups -OCH3 is 1. The fraction of sp³-hybridized carbons (Fsp3) is 0.917. The molecule has 94 valence electrons. The van der Waals surface area contributed by atoms with Crippen molar-refractivity contribution in [3.05, 3.63) is 0 Å². The molecule has 0 heterocycles. The SMILES string of the molecule is COCC(C)CNC1CCC(C(=O)O)CC1. The third-order valence-corrected chi connectivity index (χ3v) is 3.28. The van der Waals surface area contributed by atoms with Gasteiger partial charge in [-0.2, -0.15) is 0 Å². The summed E-state index contributed by atoms with van der Waals surface area (Å²) in [5.74, 6) is -0.233. The molecule has 0 spiro atoms. The Morgan fingerprint density at radius 2 is 2.06 bits per heavy atom. The molecule has 1 rings (SSSR count). The number of hydrogen-bond acceptors (Lipinski definition) is 3. The predicted molar refractivity (Wildman–Crippen MR) is 62.4 cm³/mol. The van der Waals surface area contributed by atoms with Crippen LogP contribution in [-0.2, 0) is 9.53 Å². The second-order valence-electron chi connectivity index (χ2n) is 4.86. The summed E-state index contributed by atoms with van der Waals surface area (Å²) < 4.78 is 5.07. The maximum atomic E-state index is 10.8. The highest BCUT2D eigenvalue weighted by Crippen LogP contribution is 2.24. The number of carboxylic acid groups (broad SMARTS) is 1. The van der Waals surface area contributed by atoms with Crippen molar-refractivity contribution in [2.24, 2.45) is 11.8 Å². The van der Waals surface area contributed by atoms with E-state index >= 15 is 0 Å². The molecule has 0 aromatic heterocycles. The van der Waals surface area contributed by atoms with Gasteiger partial charge in [-0.25, -0.2) is 0 Å². The zero-order chi connectivity index (χ0) is 12.0. The Hall–Kier alpha value is -0.610. The molecule has 1 aliphatic rings. The molecule has 0 bridgehead atoms. The molecule has 4 heteroatoms. The van der Waals surface area contributed by atoms with Crippen molar-refractivity contribution in [2.45, 2.75) is 38.6 Å². The van der Waals surface area contributed by atoms with Gasteiger partial charge in [-0.05, 0) is 31.6 Å². The highest BCUT2D eigenvalue weighted by atomic mass is 16.5. The Kier molecular flexibility index (Phi) is 5.77. The van der Waals surface area contributed by atoms with Gasteiger partial charge in [0.15, 0.2) is 0 Å². The molecule has 0 radical (unpaired) electrons. The maximum Gasteiger partial charge on any atom is 0.306 e. The topological polar surface area (TPSA) is 58.6 Å². The van der Waals surface area contributed by atoms with Gasteiger partial charge in [-0.15, -0.1) is 0 Å². The summed E-state index contributed by atoms with van der Waals surface area (Å²) in [4.78, 5) is 10.8. The Labute approximate surface area is 97.4 Å². The van der Waals surface area contributed by atoms with E-state index in [9.17, 15) is 4.79 Å². The van der Waals surface area contributed by atoms with Crippen LogP contribution < -0.4 is 5.32 Å². The molecule has 1 unspecified atom stereocenters. The third kappa shape index (κ3) is 4.49. The first-order chi connectivity index (χ1) is 7.63. The van der Waals surface area contributed by atoms with E-state index in [-0.39, 0.29) is 5.92 Å². The lowest BCUT2D eigenvalue weighted by atomic mass is 9.86. The van der Waals surface area contributed by atoms with Crippen molar-refractivity contribution < 1.29 is 14.6 Å². The van der Waals surface area contributed by atoms with Gasteiger partial charge in [0.1, 0.15) is 0 Å². The summed E-state index contributed by atoms with van der Waals surface area (Å²) in [6.45, 7) is 3.88. The van der Waals surface area contributed by atoms with Crippen LogP contribution in [0.25, 0.3) is 0 Å². The molecule has 1 aliphatic carbocycles. The smallest absolute Gasteiger partial charge is 0.306 e. The molecule has 0 saturated heterocycles. The molecule has 0 aromatic rings. The third-order valence-electron chi connectivity index (χ3n) is 3.28. The van der Waals surface area contributed by atoms with Crippen LogP contribution in [0.15, 0.2) is 0 Å². The highest BCUT2D eigenvalue weighted by molar-refractivity contribution is 5.70. The molecule has 0 amide bonds. The van der Waals surface area contributed by atoms with Gasteiger partial charge in [-0.3, -0.25) is 4.79 Å². The van der Waals surface area contributed by atoms with E-state index in [1.807, 2.05) is 0 Å². The van der Waals surface area contributed by atoms with Gasteiger partial charge in [0, 0.05) is 26.3 Å². The zero-order valence-electron chi connectivity index (χ0n) is 10.2. The lowest BCUT2D eigenvalue weighted by Crippen LogP contribution is -2.37. The van der Waals surface area contributed by atoms with Crippen LogP contribution in [0.1, 0.15) is 32.6 Å². The lowest BCUT2D eigenvalue weighted by molar-refractivity contribution is -0.142. The number of carboxylic acids is 1. The standard InChI is InChI=1S/C12H23NO3/c1-9(8-16-2)7-13-11-5-3-10(4-6-11)12(14)15/h9-11,13H,3-8H2,1-2H3,(H,14,15). The first-order valence-electron chi connectivity index (χ1n) is 6.08. The Morgan fingerprint density at radius 3 is 2.56 bits per heavy atom. The molecule has 1 fully saturated rings. The molecule has 0 aromatic carbocycles. The average Bonchev–Trinajstić information content (AvgIpc) is 2.27. The minimum absolute atomic E-state index is 0.116. The summed E-state index contributed by atoms with van der Waals surface area (Å²) in [5, 5.41) is 12.4. The second kappa shape index (κ2) is 6.86. The van der Waals surface area contributed by atoms with Crippen molar-refractivity contribution >= 4 is 5.97 Å². The first kappa shape index (κ1) is 13.5. The molecule has 1 saturated carbocycles. The second-order valence-corrected chi connectivity index (χ2v) is 4.86. The van der Waals surface area contributed by atoms with Crippen molar-refractivity contribution in [1.82, 2.24) is 5.32 Å². The molecule has 0 aliphatic heterocycles. The van der Waals surface area contributed by atoms with Gasteiger partial charge in [-0.1, -0.05) is 6.92 Å². The van der Waals surface area contributed by atoms with Crippen molar-refractivity contribution in [1.29, 1.82) is 0 Å². The summed E-state index contributed by atoms with van der Waals surface area (Å²) >= 11 is 0. The van der Waals surface area contributed by atoms with E-state index in [0.717, 1.165) is 38.8 Å². The summed E-state index contributed by atoms with van der Waals surface area (Å²) in [5.41, 5.74) is 0. The lowest BCUT2D eigenvalue weighted by Gasteiger charge is -2.27. The fourth-order valence-electron chi connectivity index (χ4n) is 2.26. The number of carbonyl (C=O) groups is 1. The minimum atomic E-state index is -0.633. The molecule has 2 N–H and O–H groups in total. The van der Waals surface area contributed by atoms with Gasteiger partial charge < -0.3 is 15.2 Å². The van der Waals surface area contributed by atoms with Crippen LogP contribution in [0.5, 0.6) is 0 Å². The number of hydrogen-bond donors (Lipinski definition) is 2. The Balaban J connectivity index is 2.14. The molecular weight excluding hydrogens is 206 g/mol. The highest BCUT2D eigenvalue weighted by Gasteiger charge is 2.25. The van der Waals surface area contributed by atoms with E-state index < -0.39 is 5.97 Å². The summed E-state index contributed by atoms with van der Waals surface area (Å²) in [6, 6.07) is 0.495.